The van der Waals surface area contributed by atoms with Gasteiger partial charge in [-0.3, -0.25) is 9.89 Å². The van der Waals surface area contributed by atoms with E-state index in [4.69, 9.17) is 5.11 Å². The molecule has 108 valence electrons. The van der Waals surface area contributed by atoms with Crippen LogP contribution >= 0.6 is 0 Å². The van der Waals surface area contributed by atoms with Gasteiger partial charge in [-0.2, -0.15) is 5.10 Å². The predicted octanol–water partition coefficient (Wildman–Crippen LogP) is 1.30. The number of carbonyl (C=O) groups excluding carboxylic acids is 1. The zero-order valence-electron chi connectivity index (χ0n) is 12.0. The first-order valence-corrected chi connectivity index (χ1v) is 6.59. The van der Waals surface area contributed by atoms with Gasteiger partial charge in [0.15, 0.2) is 0 Å². The number of aromatic amines is 1. The minimum absolute atomic E-state index is 0.139. The summed E-state index contributed by atoms with van der Waals surface area (Å²) >= 11 is 0. The van der Waals surface area contributed by atoms with Crippen LogP contribution in [0.5, 0.6) is 0 Å². The summed E-state index contributed by atoms with van der Waals surface area (Å²) in [6, 6.07) is 5.31. The first-order chi connectivity index (χ1) is 10.1. The number of H-pyrrole nitrogens is 1. The van der Waals surface area contributed by atoms with E-state index in [1.54, 1.807) is 24.4 Å². The van der Waals surface area contributed by atoms with Gasteiger partial charge < -0.3 is 10.4 Å². The molecule has 0 atom stereocenters. The van der Waals surface area contributed by atoms with Gasteiger partial charge in [-0.05, 0) is 37.6 Å². The molecule has 0 saturated heterocycles. The van der Waals surface area contributed by atoms with Gasteiger partial charge in [0.1, 0.15) is 6.61 Å². The van der Waals surface area contributed by atoms with Crippen molar-refractivity contribution in [1.82, 2.24) is 15.5 Å². The second-order valence-electron chi connectivity index (χ2n) is 4.69. The van der Waals surface area contributed by atoms with E-state index in [1.165, 1.54) is 0 Å². The molecule has 0 fully saturated rings. The van der Waals surface area contributed by atoms with Gasteiger partial charge in [0, 0.05) is 28.9 Å². The summed E-state index contributed by atoms with van der Waals surface area (Å²) < 4.78 is 0. The molecule has 0 saturated carbocycles. The van der Waals surface area contributed by atoms with Crippen LogP contribution in [0.1, 0.15) is 32.7 Å². The normalized spacial score (nSPS) is 9.86. The zero-order valence-corrected chi connectivity index (χ0v) is 12.0. The highest BCUT2D eigenvalue weighted by molar-refractivity contribution is 5.94. The molecule has 0 aliphatic carbocycles. The van der Waals surface area contributed by atoms with Crippen molar-refractivity contribution in [2.24, 2.45) is 0 Å². The fourth-order valence-corrected chi connectivity index (χ4v) is 1.91. The van der Waals surface area contributed by atoms with Crippen LogP contribution in [0, 0.1) is 25.7 Å². The van der Waals surface area contributed by atoms with Gasteiger partial charge in [0.25, 0.3) is 5.91 Å². The second kappa shape index (κ2) is 6.73. The molecule has 3 N–H and O–H groups in total. The van der Waals surface area contributed by atoms with E-state index in [-0.39, 0.29) is 12.5 Å². The third-order valence-corrected chi connectivity index (χ3v) is 3.16. The maximum Gasteiger partial charge on any atom is 0.251 e. The van der Waals surface area contributed by atoms with Crippen LogP contribution in [0.2, 0.25) is 0 Å². The number of rotatable bonds is 3. The zero-order chi connectivity index (χ0) is 15.2. The highest BCUT2D eigenvalue weighted by Gasteiger charge is 2.08. The van der Waals surface area contributed by atoms with Gasteiger partial charge in [0.05, 0.1) is 6.20 Å². The minimum atomic E-state index is -0.175. The number of amides is 1. The Labute approximate surface area is 123 Å². The van der Waals surface area contributed by atoms with Crippen molar-refractivity contribution in [3.05, 3.63) is 52.3 Å². The van der Waals surface area contributed by atoms with Gasteiger partial charge in [0.2, 0.25) is 0 Å². The average Bonchev–Trinajstić information content (AvgIpc) is 2.88. The van der Waals surface area contributed by atoms with E-state index in [1.807, 2.05) is 13.8 Å². The number of aliphatic hydroxyl groups excluding tert-OH is 1. The largest absolute Gasteiger partial charge is 0.384 e. The van der Waals surface area contributed by atoms with Crippen LogP contribution in [0.25, 0.3) is 0 Å². The van der Waals surface area contributed by atoms with E-state index >= 15 is 0 Å². The minimum Gasteiger partial charge on any atom is -0.384 e. The van der Waals surface area contributed by atoms with E-state index in [0.717, 1.165) is 22.4 Å². The van der Waals surface area contributed by atoms with E-state index in [2.05, 4.69) is 27.4 Å². The summed E-state index contributed by atoms with van der Waals surface area (Å²) in [5.74, 6) is 5.31. The van der Waals surface area contributed by atoms with Gasteiger partial charge >= 0.3 is 0 Å². The highest BCUT2D eigenvalue weighted by atomic mass is 16.2. The lowest BCUT2D eigenvalue weighted by molar-refractivity contribution is 0.0951. The molecule has 1 amide bonds. The van der Waals surface area contributed by atoms with Gasteiger partial charge in [-0.15, -0.1) is 0 Å². The van der Waals surface area contributed by atoms with Crippen molar-refractivity contribution < 1.29 is 9.90 Å². The summed E-state index contributed by atoms with van der Waals surface area (Å²) in [5, 5.41) is 18.3. The Kier molecular flexibility index (Phi) is 4.75. The number of nitrogens with one attached hydrogen (secondary N) is 2. The monoisotopic (exact) mass is 283 g/mol. The third kappa shape index (κ3) is 3.71. The number of aliphatic hydroxyl groups is 1. The molecule has 1 aromatic heterocycles. The van der Waals surface area contributed by atoms with Crippen molar-refractivity contribution in [3.63, 3.8) is 0 Å². The van der Waals surface area contributed by atoms with Crippen LogP contribution in [0.3, 0.4) is 0 Å². The predicted molar refractivity (Wildman–Crippen MR) is 79.6 cm³/mol. The van der Waals surface area contributed by atoms with Crippen LogP contribution in [0.4, 0.5) is 0 Å². The Morgan fingerprint density at radius 1 is 1.43 bits per heavy atom. The number of carbonyl (C=O) groups is 1. The van der Waals surface area contributed by atoms with E-state index in [0.29, 0.717) is 12.1 Å². The molecular weight excluding hydrogens is 266 g/mol. The topological polar surface area (TPSA) is 78.0 Å². The molecule has 2 rings (SSSR count). The van der Waals surface area contributed by atoms with Crippen molar-refractivity contribution in [2.45, 2.75) is 20.4 Å². The molecule has 0 aliphatic rings. The summed E-state index contributed by atoms with van der Waals surface area (Å²) in [4.78, 5) is 12.1. The van der Waals surface area contributed by atoms with Crippen LogP contribution < -0.4 is 5.32 Å². The molecule has 0 spiro atoms. The lowest BCUT2D eigenvalue weighted by Gasteiger charge is -2.06. The Bertz CT molecular complexity index is 708. The fraction of sp³-hybridized carbons (Fsp3) is 0.250. The number of benzene rings is 1. The van der Waals surface area contributed by atoms with Crippen molar-refractivity contribution in [2.75, 3.05) is 6.61 Å². The smallest absolute Gasteiger partial charge is 0.251 e. The van der Waals surface area contributed by atoms with Crippen LogP contribution in [-0.2, 0) is 6.54 Å². The van der Waals surface area contributed by atoms with E-state index in [9.17, 15) is 4.79 Å². The Morgan fingerprint density at radius 3 is 2.86 bits per heavy atom. The third-order valence-electron chi connectivity index (χ3n) is 3.16. The first kappa shape index (κ1) is 14.8. The number of nitrogens with zero attached hydrogens (tertiary/aromatic N) is 1. The molecule has 2 aromatic rings. The summed E-state index contributed by atoms with van der Waals surface area (Å²) in [7, 11) is 0. The number of aryl methyl sites for hydroxylation is 2. The van der Waals surface area contributed by atoms with Gasteiger partial charge in [-0.1, -0.05) is 11.8 Å². The summed E-state index contributed by atoms with van der Waals surface area (Å²) in [6.07, 6.45) is 1.70. The summed E-state index contributed by atoms with van der Waals surface area (Å²) in [6.45, 7) is 4.06. The lowest BCUT2D eigenvalue weighted by atomic mass is 10.0. The molecule has 1 aromatic carbocycles. The molecule has 0 unspecified atom stereocenters. The summed E-state index contributed by atoms with van der Waals surface area (Å²) in [5.41, 5.74) is 4.21. The molecule has 0 aliphatic heterocycles. The van der Waals surface area contributed by atoms with Crippen molar-refractivity contribution in [1.29, 1.82) is 0 Å². The fourth-order valence-electron chi connectivity index (χ4n) is 1.91. The Morgan fingerprint density at radius 2 is 2.24 bits per heavy atom. The Balaban J connectivity index is 2.06. The quantitative estimate of drug-likeness (QED) is 0.743. The molecule has 5 nitrogen and oxygen atoms in total. The Hall–Kier alpha value is -2.58. The standard InChI is InChI=1S/C16H17N3O2/c1-11-8-14(6-5-13(11)4-3-7-20)16(21)17-9-15-10-18-19-12(15)2/h5-6,8,10,20H,7,9H2,1-2H3,(H,17,21)(H,18,19). The van der Waals surface area contributed by atoms with Crippen LogP contribution in [-0.4, -0.2) is 27.8 Å². The average molecular weight is 283 g/mol. The SMILES string of the molecule is Cc1cc(C(=O)NCc2cn[nH]c2C)ccc1C#CCO. The highest BCUT2D eigenvalue weighted by Crippen LogP contribution is 2.10. The lowest BCUT2D eigenvalue weighted by Crippen LogP contribution is -2.23. The number of hydrogen-bond donors (Lipinski definition) is 3. The molecular formula is C16H17N3O2. The maximum absolute atomic E-state index is 12.1. The van der Waals surface area contributed by atoms with E-state index < -0.39 is 0 Å². The molecule has 1 heterocycles. The van der Waals surface area contributed by atoms with Crippen LogP contribution in [0.15, 0.2) is 24.4 Å². The molecule has 0 bridgehead atoms. The molecule has 5 heteroatoms. The number of hydrogen-bond acceptors (Lipinski definition) is 3. The van der Waals surface area contributed by atoms with Crippen molar-refractivity contribution in [3.8, 4) is 11.8 Å². The molecule has 21 heavy (non-hydrogen) atoms. The number of aromatic nitrogens is 2. The van der Waals surface area contributed by atoms with Crippen molar-refractivity contribution >= 4 is 5.91 Å². The maximum atomic E-state index is 12.1. The van der Waals surface area contributed by atoms with Gasteiger partial charge in [-0.25, -0.2) is 0 Å². The second-order valence-corrected chi connectivity index (χ2v) is 4.69. The molecule has 0 radical (unpaired) electrons. The first-order valence-electron chi connectivity index (χ1n) is 6.59.